The van der Waals surface area contributed by atoms with Crippen LogP contribution in [0.15, 0.2) is 0 Å². The van der Waals surface area contributed by atoms with E-state index in [0.29, 0.717) is 6.42 Å². The molecule has 0 N–H and O–H groups in total. The maximum Gasteiger partial charge on any atom is 0.173 e. The van der Waals surface area contributed by atoms with E-state index in [2.05, 4.69) is 0 Å². The predicted molar refractivity (Wildman–Crippen MR) is 59.4 cm³/mol. The molecule has 0 spiro atoms. The Balaban J connectivity index is 3.21. The molecule has 1 aromatic carbocycles. The number of rotatable bonds is 4. The van der Waals surface area contributed by atoms with Gasteiger partial charge in [0.05, 0.1) is 5.56 Å². The van der Waals surface area contributed by atoms with E-state index in [1.807, 2.05) is 13.8 Å². The summed E-state index contributed by atoms with van der Waals surface area (Å²) in [5.41, 5.74) is -1.87. The van der Waals surface area contributed by atoms with Crippen molar-refractivity contribution in [2.75, 3.05) is 0 Å². The molecular weight excluding hydrogens is 248 g/mol. The molecule has 5 heteroatoms. The van der Waals surface area contributed by atoms with Gasteiger partial charge in [0, 0.05) is 12.0 Å². The third-order valence-corrected chi connectivity index (χ3v) is 2.71. The van der Waals surface area contributed by atoms with E-state index in [9.17, 15) is 22.4 Å². The van der Waals surface area contributed by atoms with Crippen LogP contribution in [0.3, 0.4) is 0 Å². The second kappa shape index (κ2) is 5.50. The lowest BCUT2D eigenvalue weighted by atomic mass is 9.99. The van der Waals surface area contributed by atoms with E-state index in [-0.39, 0.29) is 12.3 Å². The summed E-state index contributed by atoms with van der Waals surface area (Å²) < 4.78 is 53.5. The van der Waals surface area contributed by atoms with Crippen LogP contribution in [0.4, 0.5) is 17.6 Å². The van der Waals surface area contributed by atoms with Crippen LogP contribution in [-0.2, 0) is 0 Å². The lowest BCUT2D eigenvalue weighted by Crippen LogP contribution is -2.12. The van der Waals surface area contributed by atoms with Gasteiger partial charge in [0.1, 0.15) is 0 Å². The summed E-state index contributed by atoms with van der Waals surface area (Å²) in [6.45, 7) is 4.58. The van der Waals surface area contributed by atoms with Gasteiger partial charge in [-0.2, -0.15) is 0 Å². The number of Topliss-reactive ketones (excluding diaryl/α,β-unsaturated/α-hetero) is 1. The highest BCUT2D eigenvalue weighted by Gasteiger charge is 2.27. The molecule has 0 aromatic heterocycles. The molecule has 0 bridgehead atoms. The van der Waals surface area contributed by atoms with Gasteiger partial charge in [-0.3, -0.25) is 4.79 Å². The van der Waals surface area contributed by atoms with Crippen molar-refractivity contribution in [3.05, 3.63) is 34.4 Å². The fourth-order valence-electron chi connectivity index (χ4n) is 1.53. The van der Waals surface area contributed by atoms with Crippen molar-refractivity contribution in [2.45, 2.75) is 33.6 Å². The van der Waals surface area contributed by atoms with Gasteiger partial charge in [0.2, 0.25) is 0 Å². The largest absolute Gasteiger partial charge is 0.294 e. The van der Waals surface area contributed by atoms with Crippen molar-refractivity contribution in [1.82, 2.24) is 0 Å². The zero-order valence-corrected chi connectivity index (χ0v) is 10.4. The Hall–Kier alpha value is -1.39. The molecule has 1 aromatic rings. The summed E-state index contributed by atoms with van der Waals surface area (Å²) in [6.07, 6.45) is 0.252. The Kier molecular flexibility index (Phi) is 4.48. The van der Waals surface area contributed by atoms with E-state index in [4.69, 9.17) is 0 Å². The molecule has 100 valence electrons. The van der Waals surface area contributed by atoms with E-state index < -0.39 is 40.2 Å². The average molecular weight is 262 g/mol. The van der Waals surface area contributed by atoms with Crippen molar-refractivity contribution in [1.29, 1.82) is 0 Å². The van der Waals surface area contributed by atoms with Crippen molar-refractivity contribution in [3.63, 3.8) is 0 Å². The molecule has 0 aliphatic rings. The Morgan fingerprint density at radius 3 is 1.83 bits per heavy atom. The smallest absolute Gasteiger partial charge is 0.173 e. The predicted octanol–water partition coefficient (Wildman–Crippen LogP) is 4.17. The topological polar surface area (TPSA) is 17.1 Å². The van der Waals surface area contributed by atoms with Crippen LogP contribution in [0.5, 0.6) is 0 Å². The zero-order valence-electron chi connectivity index (χ0n) is 10.4. The van der Waals surface area contributed by atoms with Crippen molar-refractivity contribution in [3.8, 4) is 0 Å². The number of ketones is 1. The molecule has 0 saturated carbocycles. The lowest BCUT2D eigenvalue weighted by Gasteiger charge is -2.09. The summed E-state index contributed by atoms with van der Waals surface area (Å²) >= 11 is 0. The van der Waals surface area contributed by atoms with Gasteiger partial charge in [-0.15, -0.1) is 0 Å². The summed E-state index contributed by atoms with van der Waals surface area (Å²) in [4.78, 5) is 11.6. The highest BCUT2D eigenvalue weighted by atomic mass is 19.2. The number of halogens is 4. The standard InChI is InChI=1S/C13H14F4O/c1-6(2)4-5-8(18)9-12(16)10(14)7(3)11(15)13(9)17/h6H,4-5H2,1-3H3. The van der Waals surface area contributed by atoms with Crippen molar-refractivity contribution < 1.29 is 22.4 Å². The highest BCUT2D eigenvalue weighted by Crippen LogP contribution is 2.25. The minimum atomic E-state index is -1.61. The molecule has 1 nitrogen and oxygen atoms in total. The first kappa shape index (κ1) is 14.7. The Morgan fingerprint density at radius 1 is 1.00 bits per heavy atom. The van der Waals surface area contributed by atoms with Crippen molar-refractivity contribution in [2.24, 2.45) is 5.92 Å². The van der Waals surface area contributed by atoms with Crippen LogP contribution < -0.4 is 0 Å². The van der Waals surface area contributed by atoms with E-state index in [0.717, 1.165) is 6.92 Å². The molecule has 0 unspecified atom stereocenters. The van der Waals surface area contributed by atoms with E-state index in [1.54, 1.807) is 0 Å². The molecular formula is C13H14F4O. The molecule has 0 atom stereocenters. The molecule has 0 radical (unpaired) electrons. The number of hydrogen-bond acceptors (Lipinski definition) is 1. The lowest BCUT2D eigenvalue weighted by molar-refractivity contribution is 0.0964. The summed E-state index contributed by atoms with van der Waals surface area (Å²) in [6, 6.07) is 0. The van der Waals surface area contributed by atoms with Crippen LogP contribution in [0.2, 0.25) is 0 Å². The van der Waals surface area contributed by atoms with Crippen LogP contribution >= 0.6 is 0 Å². The summed E-state index contributed by atoms with van der Waals surface area (Å²) in [7, 11) is 0. The number of carbonyl (C=O) groups is 1. The highest BCUT2D eigenvalue weighted by molar-refractivity contribution is 5.96. The Morgan fingerprint density at radius 2 is 1.44 bits per heavy atom. The van der Waals surface area contributed by atoms with Gasteiger partial charge < -0.3 is 0 Å². The normalized spacial score (nSPS) is 11.1. The van der Waals surface area contributed by atoms with E-state index in [1.165, 1.54) is 0 Å². The molecule has 0 heterocycles. The third-order valence-electron chi connectivity index (χ3n) is 2.71. The van der Waals surface area contributed by atoms with Gasteiger partial charge in [-0.25, -0.2) is 17.6 Å². The maximum atomic E-state index is 13.5. The van der Waals surface area contributed by atoms with Gasteiger partial charge >= 0.3 is 0 Å². The fourth-order valence-corrected chi connectivity index (χ4v) is 1.53. The minimum Gasteiger partial charge on any atom is -0.294 e. The molecule has 0 amide bonds. The quantitative estimate of drug-likeness (QED) is 0.452. The average Bonchev–Trinajstić information content (AvgIpc) is 2.31. The van der Waals surface area contributed by atoms with Gasteiger partial charge in [-0.1, -0.05) is 13.8 Å². The summed E-state index contributed by atoms with van der Waals surface area (Å²) in [5, 5.41) is 0. The monoisotopic (exact) mass is 262 g/mol. The first-order valence-electron chi connectivity index (χ1n) is 5.63. The Bertz CT molecular complexity index is 451. The van der Waals surface area contributed by atoms with Crippen molar-refractivity contribution >= 4 is 5.78 Å². The number of hydrogen-bond donors (Lipinski definition) is 0. The molecule has 0 saturated heterocycles. The summed E-state index contributed by atoms with van der Waals surface area (Å²) in [5.74, 6) is -7.01. The maximum absolute atomic E-state index is 13.5. The fraction of sp³-hybridized carbons (Fsp3) is 0.462. The van der Waals surface area contributed by atoms with Gasteiger partial charge in [0.15, 0.2) is 29.1 Å². The zero-order chi connectivity index (χ0) is 14.0. The molecule has 18 heavy (non-hydrogen) atoms. The first-order valence-corrected chi connectivity index (χ1v) is 5.63. The van der Waals surface area contributed by atoms with Crippen LogP contribution in [0, 0.1) is 36.1 Å². The Labute approximate surface area is 103 Å². The number of benzene rings is 1. The van der Waals surface area contributed by atoms with Crippen LogP contribution in [0.25, 0.3) is 0 Å². The molecule has 0 aliphatic heterocycles. The third kappa shape index (κ3) is 2.71. The van der Waals surface area contributed by atoms with Gasteiger partial charge in [-0.05, 0) is 19.3 Å². The second-order valence-electron chi connectivity index (χ2n) is 4.61. The minimum absolute atomic E-state index is 0.145. The van der Waals surface area contributed by atoms with Gasteiger partial charge in [0.25, 0.3) is 0 Å². The first-order chi connectivity index (χ1) is 8.27. The molecule has 0 aliphatic carbocycles. The molecule has 1 rings (SSSR count). The number of carbonyl (C=O) groups excluding carboxylic acids is 1. The molecule has 0 fully saturated rings. The van der Waals surface area contributed by atoms with E-state index >= 15 is 0 Å². The SMILES string of the molecule is Cc1c(F)c(F)c(C(=O)CCC(C)C)c(F)c1F. The second-order valence-corrected chi connectivity index (χ2v) is 4.61. The van der Waals surface area contributed by atoms with Crippen LogP contribution in [-0.4, -0.2) is 5.78 Å². The van der Waals surface area contributed by atoms with Crippen LogP contribution in [0.1, 0.15) is 42.6 Å².